The maximum Gasteiger partial charge on any atom is 0.253 e. The summed E-state index contributed by atoms with van der Waals surface area (Å²) in [6, 6.07) is 9.17. The van der Waals surface area contributed by atoms with Crippen LogP contribution in [-0.2, 0) is 0 Å². The Morgan fingerprint density at radius 3 is 2.75 bits per heavy atom. The van der Waals surface area contributed by atoms with Crippen LogP contribution >= 0.6 is 0 Å². The van der Waals surface area contributed by atoms with Crippen LogP contribution in [0.2, 0.25) is 0 Å². The summed E-state index contributed by atoms with van der Waals surface area (Å²) in [7, 11) is 0. The summed E-state index contributed by atoms with van der Waals surface area (Å²) in [5.41, 5.74) is 2.85. The Hall–Kier alpha value is -2.27. The first-order valence-corrected chi connectivity index (χ1v) is 6.39. The van der Waals surface area contributed by atoms with Crippen molar-refractivity contribution in [2.24, 2.45) is 0 Å². The van der Waals surface area contributed by atoms with Gasteiger partial charge in [0.05, 0.1) is 23.6 Å². The average Bonchev–Trinajstić information content (AvgIpc) is 2.45. The van der Waals surface area contributed by atoms with E-state index in [0.717, 1.165) is 11.1 Å². The third-order valence-corrected chi connectivity index (χ3v) is 3.15. The first-order valence-electron chi connectivity index (χ1n) is 6.39. The molecule has 5 nitrogen and oxygen atoms in total. The van der Waals surface area contributed by atoms with E-state index in [-0.39, 0.29) is 12.5 Å². The molecule has 2 N–H and O–H groups in total. The largest absolute Gasteiger partial charge is 0.387 e. The van der Waals surface area contributed by atoms with Crippen molar-refractivity contribution in [3.63, 3.8) is 0 Å². The van der Waals surface area contributed by atoms with Gasteiger partial charge in [0.25, 0.3) is 5.91 Å². The van der Waals surface area contributed by atoms with Crippen molar-refractivity contribution in [1.29, 1.82) is 0 Å². The fourth-order valence-corrected chi connectivity index (χ4v) is 2.00. The lowest BCUT2D eigenvalue weighted by atomic mass is 10.0. The molecule has 0 fully saturated rings. The monoisotopic (exact) mass is 271 g/mol. The molecule has 1 atom stereocenters. The molecule has 0 unspecified atom stereocenters. The first kappa shape index (κ1) is 14.1. The highest BCUT2D eigenvalue weighted by Gasteiger charge is 2.14. The lowest BCUT2D eigenvalue weighted by Gasteiger charge is -2.14. The molecule has 0 aliphatic rings. The quantitative estimate of drug-likeness (QED) is 0.885. The topological polar surface area (TPSA) is 75.1 Å². The van der Waals surface area contributed by atoms with Gasteiger partial charge in [0, 0.05) is 6.54 Å². The predicted molar refractivity (Wildman–Crippen MR) is 75.2 cm³/mol. The van der Waals surface area contributed by atoms with E-state index in [9.17, 15) is 9.90 Å². The van der Waals surface area contributed by atoms with Crippen molar-refractivity contribution >= 4 is 5.91 Å². The van der Waals surface area contributed by atoms with Crippen LogP contribution in [-0.4, -0.2) is 27.8 Å². The molecule has 0 bridgehead atoms. The number of aliphatic hydroxyl groups is 1. The first-order chi connectivity index (χ1) is 9.59. The smallest absolute Gasteiger partial charge is 0.253 e. The Balaban J connectivity index is 2.01. The number of rotatable bonds is 4. The van der Waals surface area contributed by atoms with Gasteiger partial charge in [-0.2, -0.15) is 10.2 Å². The molecule has 0 radical (unpaired) electrons. The number of carbonyl (C=O) groups excluding carboxylic acids is 1. The van der Waals surface area contributed by atoms with Crippen LogP contribution in [0.3, 0.4) is 0 Å². The van der Waals surface area contributed by atoms with Gasteiger partial charge in [-0.15, -0.1) is 0 Å². The zero-order valence-electron chi connectivity index (χ0n) is 11.5. The molecule has 1 heterocycles. The molecule has 1 aromatic heterocycles. The van der Waals surface area contributed by atoms with E-state index >= 15 is 0 Å². The van der Waals surface area contributed by atoms with Crippen LogP contribution in [0, 0.1) is 13.8 Å². The second kappa shape index (κ2) is 6.25. The lowest BCUT2D eigenvalue weighted by Crippen LogP contribution is -2.29. The molecular weight excluding hydrogens is 254 g/mol. The zero-order chi connectivity index (χ0) is 14.5. The Labute approximate surface area is 117 Å². The van der Waals surface area contributed by atoms with Crippen LogP contribution in [0.4, 0.5) is 0 Å². The van der Waals surface area contributed by atoms with Gasteiger partial charge in [-0.05, 0) is 31.0 Å². The number of hydrogen-bond donors (Lipinski definition) is 2. The molecule has 0 aliphatic heterocycles. The van der Waals surface area contributed by atoms with Gasteiger partial charge in [-0.3, -0.25) is 4.79 Å². The molecule has 2 aromatic rings. The minimum atomic E-state index is -0.727. The molecule has 0 aliphatic carbocycles. The van der Waals surface area contributed by atoms with Crippen molar-refractivity contribution in [3.05, 3.63) is 58.9 Å². The Bertz CT molecular complexity index is 614. The van der Waals surface area contributed by atoms with Crippen molar-refractivity contribution in [3.8, 4) is 0 Å². The van der Waals surface area contributed by atoms with Crippen LogP contribution in [0.5, 0.6) is 0 Å². The maximum absolute atomic E-state index is 12.0. The number of carbonyl (C=O) groups is 1. The molecule has 20 heavy (non-hydrogen) atoms. The molecule has 5 heteroatoms. The summed E-state index contributed by atoms with van der Waals surface area (Å²) < 4.78 is 0. The van der Waals surface area contributed by atoms with E-state index in [1.165, 1.54) is 6.20 Å². The standard InChI is InChI=1S/C15H17N3O2/c1-10-5-3-4-6-12(10)14(19)9-16-15(20)13-7-8-17-18-11(13)2/h3-8,14,19H,9H2,1-2H3,(H,16,20)/t14-/m0/s1. The third kappa shape index (κ3) is 3.19. The Morgan fingerprint density at radius 2 is 2.05 bits per heavy atom. The van der Waals surface area contributed by atoms with Crippen LogP contribution < -0.4 is 5.32 Å². The molecule has 104 valence electrons. The number of nitrogens with one attached hydrogen (secondary N) is 1. The highest BCUT2D eigenvalue weighted by molar-refractivity contribution is 5.95. The van der Waals surface area contributed by atoms with E-state index in [2.05, 4.69) is 15.5 Å². The van der Waals surface area contributed by atoms with Gasteiger partial charge in [0.1, 0.15) is 0 Å². The summed E-state index contributed by atoms with van der Waals surface area (Å²) >= 11 is 0. The second-order valence-corrected chi connectivity index (χ2v) is 4.61. The van der Waals surface area contributed by atoms with Crippen molar-refractivity contribution in [1.82, 2.24) is 15.5 Å². The molecule has 2 rings (SSSR count). The van der Waals surface area contributed by atoms with Gasteiger partial charge < -0.3 is 10.4 Å². The van der Waals surface area contributed by atoms with E-state index in [1.54, 1.807) is 13.0 Å². The highest BCUT2D eigenvalue weighted by Crippen LogP contribution is 2.16. The van der Waals surface area contributed by atoms with Gasteiger partial charge in [0.15, 0.2) is 0 Å². The minimum Gasteiger partial charge on any atom is -0.387 e. The van der Waals surface area contributed by atoms with Crippen molar-refractivity contribution < 1.29 is 9.90 Å². The number of amides is 1. The number of aromatic nitrogens is 2. The minimum absolute atomic E-state index is 0.158. The zero-order valence-corrected chi connectivity index (χ0v) is 11.5. The number of hydrogen-bond acceptors (Lipinski definition) is 4. The molecule has 0 saturated heterocycles. The second-order valence-electron chi connectivity index (χ2n) is 4.61. The Kier molecular flexibility index (Phi) is 4.42. The highest BCUT2D eigenvalue weighted by atomic mass is 16.3. The molecule has 1 amide bonds. The van der Waals surface area contributed by atoms with E-state index in [0.29, 0.717) is 11.3 Å². The third-order valence-electron chi connectivity index (χ3n) is 3.15. The SMILES string of the molecule is Cc1ccccc1[C@@H](O)CNC(=O)c1ccnnc1C. The summed E-state index contributed by atoms with van der Waals surface area (Å²) in [6.45, 7) is 3.81. The van der Waals surface area contributed by atoms with Gasteiger partial charge in [-0.25, -0.2) is 0 Å². The Morgan fingerprint density at radius 1 is 1.30 bits per heavy atom. The summed E-state index contributed by atoms with van der Waals surface area (Å²) in [4.78, 5) is 12.0. The summed E-state index contributed by atoms with van der Waals surface area (Å²) in [5.74, 6) is -0.259. The number of benzene rings is 1. The van der Waals surface area contributed by atoms with Crippen molar-refractivity contribution in [2.45, 2.75) is 20.0 Å². The van der Waals surface area contributed by atoms with Gasteiger partial charge in [-0.1, -0.05) is 24.3 Å². The normalized spacial score (nSPS) is 11.9. The molecule has 0 spiro atoms. The van der Waals surface area contributed by atoms with Crippen LogP contribution in [0.1, 0.15) is 33.3 Å². The van der Waals surface area contributed by atoms with E-state index < -0.39 is 6.10 Å². The number of aliphatic hydroxyl groups excluding tert-OH is 1. The summed E-state index contributed by atoms with van der Waals surface area (Å²) in [6.07, 6.45) is 0.745. The van der Waals surface area contributed by atoms with Gasteiger partial charge >= 0.3 is 0 Å². The van der Waals surface area contributed by atoms with Crippen LogP contribution in [0.15, 0.2) is 36.5 Å². The molecule has 1 aromatic carbocycles. The molecular formula is C15H17N3O2. The van der Waals surface area contributed by atoms with Gasteiger partial charge in [0.2, 0.25) is 0 Å². The van der Waals surface area contributed by atoms with Crippen LogP contribution in [0.25, 0.3) is 0 Å². The number of aryl methyl sites for hydroxylation is 2. The lowest BCUT2D eigenvalue weighted by molar-refractivity contribution is 0.0914. The van der Waals surface area contributed by atoms with E-state index in [4.69, 9.17) is 0 Å². The summed E-state index contributed by atoms with van der Waals surface area (Å²) in [5, 5.41) is 20.4. The van der Waals surface area contributed by atoms with Crippen molar-refractivity contribution in [2.75, 3.05) is 6.54 Å². The number of nitrogens with zero attached hydrogens (tertiary/aromatic N) is 2. The predicted octanol–water partition coefficient (Wildman–Crippen LogP) is 1.56. The average molecular weight is 271 g/mol. The molecule has 0 saturated carbocycles. The van der Waals surface area contributed by atoms with E-state index in [1.807, 2.05) is 31.2 Å². The maximum atomic E-state index is 12.0. The fourth-order valence-electron chi connectivity index (χ4n) is 2.00. The fraction of sp³-hybridized carbons (Fsp3) is 0.267.